The van der Waals surface area contributed by atoms with Gasteiger partial charge in [-0.2, -0.15) is 0 Å². The summed E-state index contributed by atoms with van der Waals surface area (Å²) in [6.45, 7) is 0.849. The Kier molecular flexibility index (Phi) is 3.37. The highest BCUT2D eigenvalue weighted by Gasteiger charge is 2.23. The lowest BCUT2D eigenvalue weighted by molar-refractivity contribution is -0.198. The lowest BCUT2D eigenvalue weighted by Crippen LogP contribution is -2.36. The number of ether oxygens (including phenoxy) is 2. The van der Waals surface area contributed by atoms with Crippen LogP contribution in [0.5, 0.6) is 0 Å². The monoisotopic (exact) mass is 156 g/mol. The van der Waals surface area contributed by atoms with E-state index < -0.39 is 6.29 Å². The molecule has 3 nitrogen and oxygen atoms in total. The third kappa shape index (κ3) is 2.51. The Hall–Kier alpha value is -0.560. The van der Waals surface area contributed by atoms with E-state index in [1.165, 1.54) is 0 Å². The molecule has 0 amide bonds. The second-order valence-electron chi connectivity index (χ2n) is 2.46. The van der Waals surface area contributed by atoms with Crippen LogP contribution in [0.15, 0.2) is 0 Å². The lowest BCUT2D eigenvalue weighted by Gasteiger charge is -2.26. The number of terminal acetylenes is 1. The molecule has 1 saturated heterocycles. The van der Waals surface area contributed by atoms with E-state index >= 15 is 0 Å². The fourth-order valence-electron chi connectivity index (χ4n) is 1.06. The van der Waals surface area contributed by atoms with E-state index in [0.717, 1.165) is 12.8 Å². The maximum absolute atomic E-state index is 9.18. The molecule has 11 heavy (non-hydrogen) atoms. The molecule has 1 rings (SSSR count). The third-order valence-electron chi connectivity index (χ3n) is 1.62. The van der Waals surface area contributed by atoms with Gasteiger partial charge in [-0.1, -0.05) is 5.92 Å². The lowest BCUT2D eigenvalue weighted by atomic mass is 10.1. The van der Waals surface area contributed by atoms with Gasteiger partial charge in [0.1, 0.15) is 12.7 Å². The predicted molar refractivity (Wildman–Crippen MR) is 39.8 cm³/mol. The first-order valence-corrected chi connectivity index (χ1v) is 3.69. The van der Waals surface area contributed by atoms with Crippen molar-refractivity contribution in [3.8, 4) is 12.3 Å². The van der Waals surface area contributed by atoms with Gasteiger partial charge in [0.15, 0.2) is 6.29 Å². The summed E-state index contributed by atoms with van der Waals surface area (Å²) in [5.41, 5.74) is 0. The van der Waals surface area contributed by atoms with Crippen LogP contribution in [0.1, 0.15) is 12.8 Å². The van der Waals surface area contributed by atoms with Gasteiger partial charge in [0, 0.05) is 6.61 Å². The average molecular weight is 156 g/mol. The Labute approximate surface area is 66.3 Å². The van der Waals surface area contributed by atoms with Gasteiger partial charge in [0.05, 0.1) is 0 Å². The highest BCUT2D eigenvalue weighted by molar-refractivity contribution is 4.84. The zero-order valence-corrected chi connectivity index (χ0v) is 6.32. The molecule has 0 aromatic carbocycles. The molecule has 1 aliphatic heterocycles. The van der Waals surface area contributed by atoms with Crippen molar-refractivity contribution in [2.24, 2.45) is 0 Å². The Morgan fingerprint density at radius 1 is 1.73 bits per heavy atom. The molecular formula is C8H12O3. The van der Waals surface area contributed by atoms with Gasteiger partial charge in [-0.25, -0.2) is 0 Å². The van der Waals surface area contributed by atoms with Crippen LogP contribution >= 0.6 is 0 Å². The SMILES string of the molecule is C#CCO[C@H]1CCCO[C@@H]1O. The van der Waals surface area contributed by atoms with E-state index in [4.69, 9.17) is 15.9 Å². The minimum absolute atomic E-state index is 0.236. The predicted octanol–water partition coefficient (Wildman–Crippen LogP) is 0.134. The maximum Gasteiger partial charge on any atom is 0.181 e. The molecule has 0 radical (unpaired) electrons. The van der Waals surface area contributed by atoms with Gasteiger partial charge < -0.3 is 14.6 Å². The molecule has 0 aliphatic carbocycles. The number of hydrogen-bond acceptors (Lipinski definition) is 3. The molecule has 0 aromatic heterocycles. The first-order chi connectivity index (χ1) is 5.34. The molecule has 0 unspecified atom stereocenters. The smallest absolute Gasteiger partial charge is 0.181 e. The van der Waals surface area contributed by atoms with Crippen molar-refractivity contribution in [1.82, 2.24) is 0 Å². The highest BCUT2D eigenvalue weighted by atomic mass is 16.6. The molecule has 0 bridgehead atoms. The molecule has 62 valence electrons. The summed E-state index contributed by atoms with van der Waals surface area (Å²) in [7, 11) is 0. The number of aliphatic hydroxyl groups is 1. The van der Waals surface area contributed by atoms with Gasteiger partial charge in [0.25, 0.3) is 0 Å². The van der Waals surface area contributed by atoms with Crippen molar-refractivity contribution in [2.45, 2.75) is 25.2 Å². The van der Waals surface area contributed by atoms with Crippen LogP contribution in [-0.4, -0.2) is 30.7 Å². The van der Waals surface area contributed by atoms with E-state index in [0.29, 0.717) is 6.61 Å². The van der Waals surface area contributed by atoms with Gasteiger partial charge in [-0.05, 0) is 12.8 Å². The fourth-order valence-corrected chi connectivity index (χ4v) is 1.06. The molecule has 1 heterocycles. The van der Waals surface area contributed by atoms with Crippen molar-refractivity contribution in [3.05, 3.63) is 0 Å². The van der Waals surface area contributed by atoms with Crippen LogP contribution in [0.4, 0.5) is 0 Å². The largest absolute Gasteiger partial charge is 0.366 e. The molecule has 0 saturated carbocycles. The van der Waals surface area contributed by atoms with E-state index in [1.807, 2.05) is 0 Å². The van der Waals surface area contributed by atoms with Crippen molar-refractivity contribution in [1.29, 1.82) is 0 Å². The topological polar surface area (TPSA) is 38.7 Å². The maximum atomic E-state index is 9.18. The molecule has 0 spiro atoms. The van der Waals surface area contributed by atoms with Gasteiger partial charge in [0.2, 0.25) is 0 Å². The summed E-state index contributed by atoms with van der Waals surface area (Å²) in [6.07, 6.45) is 5.71. The average Bonchev–Trinajstić information content (AvgIpc) is 2.03. The van der Waals surface area contributed by atoms with E-state index in [9.17, 15) is 5.11 Å². The molecule has 0 aromatic rings. The fraction of sp³-hybridized carbons (Fsp3) is 0.750. The van der Waals surface area contributed by atoms with Gasteiger partial charge in [-0.3, -0.25) is 0 Å². The summed E-state index contributed by atoms with van der Waals surface area (Å²) in [5, 5.41) is 9.18. The normalized spacial score (nSPS) is 31.3. The van der Waals surface area contributed by atoms with Crippen molar-refractivity contribution >= 4 is 0 Å². The summed E-state index contributed by atoms with van der Waals surface area (Å²) < 4.78 is 10.1. The zero-order valence-electron chi connectivity index (χ0n) is 6.32. The first kappa shape index (κ1) is 8.54. The second kappa shape index (κ2) is 4.35. The summed E-state index contributed by atoms with van der Waals surface area (Å²) in [4.78, 5) is 0. The van der Waals surface area contributed by atoms with Gasteiger partial charge >= 0.3 is 0 Å². The quantitative estimate of drug-likeness (QED) is 0.578. The second-order valence-corrected chi connectivity index (χ2v) is 2.46. The summed E-state index contributed by atoms with van der Waals surface area (Å²) >= 11 is 0. The van der Waals surface area contributed by atoms with Crippen LogP contribution in [0.2, 0.25) is 0 Å². The van der Waals surface area contributed by atoms with Crippen molar-refractivity contribution in [2.75, 3.05) is 13.2 Å². The molecule has 1 N–H and O–H groups in total. The minimum Gasteiger partial charge on any atom is -0.366 e. The summed E-state index contributed by atoms with van der Waals surface area (Å²) in [6, 6.07) is 0. The Balaban J connectivity index is 2.25. The van der Waals surface area contributed by atoms with Crippen LogP contribution < -0.4 is 0 Å². The number of rotatable bonds is 2. The molecule has 1 fully saturated rings. The Bertz CT molecular complexity index is 150. The van der Waals surface area contributed by atoms with Crippen LogP contribution in [0.25, 0.3) is 0 Å². The van der Waals surface area contributed by atoms with E-state index in [-0.39, 0.29) is 12.7 Å². The third-order valence-corrected chi connectivity index (χ3v) is 1.62. The highest BCUT2D eigenvalue weighted by Crippen LogP contribution is 2.14. The van der Waals surface area contributed by atoms with Crippen LogP contribution in [-0.2, 0) is 9.47 Å². The molecule has 1 aliphatic rings. The number of aliphatic hydroxyl groups excluding tert-OH is 1. The minimum atomic E-state index is -0.794. The van der Waals surface area contributed by atoms with Crippen molar-refractivity contribution in [3.63, 3.8) is 0 Å². The Morgan fingerprint density at radius 3 is 3.18 bits per heavy atom. The Morgan fingerprint density at radius 2 is 2.55 bits per heavy atom. The molecule has 3 heteroatoms. The standard InChI is InChI=1S/C8H12O3/c1-2-5-10-7-4-3-6-11-8(7)9/h1,7-9H,3-6H2/t7-,8-/m0/s1. The van der Waals surface area contributed by atoms with E-state index in [2.05, 4.69) is 5.92 Å². The van der Waals surface area contributed by atoms with Gasteiger partial charge in [-0.15, -0.1) is 6.42 Å². The van der Waals surface area contributed by atoms with Crippen LogP contribution in [0.3, 0.4) is 0 Å². The summed E-state index contributed by atoms with van der Waals surface area (Å²) in [5.74, 6) is 2.35. The first-order valence-electron chi connectivity index (χ1n) is 3.69. The zero-order chi connectivity index (χ0) is 8.10. The van der Waals surface area contributed by atoms with Crippen molar-refractivity contribution < 1.29 is 14.6 Å². The molecule has 2 atom stereocenters. The van der Waals surface area contributed by atoms with E-state index in [1.54, 1.807) is 0 Å². The number of hydrogen-bond donors (Lipinski definition) is 1. The van der Waals surface area contributed by atoms with Crippen LogP contribution in [0, 0.1) is 12.3 Å². The molecular weight excluding hydrogens is 144 g/mol.